The molecule has 26 heavy (non-hydrogen) atoms. The highest BCUT2D eigenvalue weighted by atomic mass is 14.2. The summed E-state index contributed by atoms with van der Waals surface area (Å²) in [6, 6.07) is 32.2. The molecular formula is C24H14N2. The minimum absolute atomic E-state index is 0.659. The van der Waals surface area contributed by atoms with Gasteiger partial charge in [-0.1, -0.05) is 60.7 Å². The van der Waals surface area contributed by atoms with Crippen LogP contribution < -0.4 is 0 Å². The second-order valence-corrected chi connectivity index (χ2v) is 6.08. The first-order chi connectivity index (χ1) is 12.8. The third-order valence-corrected chi connectivity index (χ3v) is 4.57. The van der Waals surface area contributed by atoms with Crippen molar-refractivity contribution in [3.8, 4) is 34.4 Å². The highest BCUT2D eigenvalue weighted by Crippen LogP contribution is 2.35. The van der Waals surface area contributed by atoms with Gasteiger partial charge >= 0.3 is 0 Å². The molecule has 2 heteroatoms. The van der Waals surface area contributed by atoms with Gasteiger partial charge in [-0.25, -0.2) is 0 Å². The normalized spacial score (nSPS) is 10.2. The van der Waals surface area contributed by atoms with Crippen LogP contribution in [0, 0.1) is 22.7 Å². The van der Waals surface area contributed by atoms with E-state index >= 15 is 0 Å². The van der Waals surface area contributed by atoms with Gasteiger partial charge in [0.15, 0.2) is 0 Å². The molecule has 0 aromatic heterocycles. The summed E-state index contributed by atoms with van der Waals surface area (Å²) in [5.41, 5.74) is 5.78. The zero-order valence-corrected chi connectivity index (χ0v) is 14.0. The smallest absolute Gasteiger partial charge is 0.0991 e. The Hall–Kier alpha value is -3.88. The molecule has 120 valence electrons. The van der Waals surface area contributed by atoms with Crippen LogP contribution in [-0.2, 0) is 0 Å². The maximum atomic E-state index is 9.00. The van der Waals surface area contributed by atoms with Gasteiger partial charge in [-0.15, -0.1) is 0 Å². The lowest BCUT2D eigenvalue weighted by atomic mass is 9.91. The fourth-order valence-electron chi connectivity index (χ4n) is 3.25. The van der Waals surface area contributed by atoms with Gasteiger partial charge in [-0.3, -0.25) is 0 Å². The van der Waals surface area contributed by atoms with Crippen LogP contribution >= 0.6 is 0 Å². The van der Waals surface area contributed by atoms with Crippen molar-refractivity contribution in [2.45, 2.75) is 0 Å². The van der Waals surface area contributed by atoms with Gasteiger partial charge in [0.1, 0.15) is 0 Å². The van der Waals surface area contributed by atoms with Crippen molar-refractivity contribution in [2.75, 3.05) is 0 Å². The van der Waals surface area contributed by atoms with Crippen LogP contribution in [0.1, 0.15) is 11.1 Å². The maximum Gasteiger partial charge on any atom is 0.0991 e. The van der Waals surface area contributed by atoms with Crippen molar-refractivity contribution in [1.82, 2.24) is 0 Å². The fourth-order valence-corrected chi connectivity index (χ4v) is 3.25. The lowest BCUT2D eigenvalue weighted by molar-refractivity contribution is 1.48. The Bertz CT molecular complexity index is 1080. The Labute approximate surface area is 152 Å². The number of rotatable bonds is 2. The van der Waals surface area contributed by atoms with E-state index in [2.05, 4.69) is 36.4 Å². The SMILES string of the molecule is N#Cc1ccc(-c2ccc(-c3ccc(C#N)cc3)c3ccccc23)cc1. The van der Waals surface area contributed by atoms with Crippen LogP contribution in [0.3, 0.4) is 0 Å². The van der Waals surface area contributed by atoms with Gasteiger partial charge in [-0.2, -0.15) is 10.5 Å². The number of fused-ring (bicyclic) bond motifs is 1. The molecule has 0 N–H and O–H groups in total. The molecular weight excluding hydrogens is 316 g/mol. The van der Waals surface area contributed by atoms with Gasteiger partial charge in [0.05, 0.1) is 23.3 Å². The third-order valence-electron chi connectivity index (χ3n) is 4.57. The molecule has 0 heterocycles. The average Bonchev–Trinajstić information content (AvgIpc) is 2.73. The van der Waals surface area contributed by atoms with Crippen molar-refractivity contribution in [1.29, 1.82) is 10.5 Å². The third kappa shape index (κ3) is 2.71. The van der Waals surface area contributed by atoms with Crippen molar-refractivity contribution in [3.63, 3.8) is 0 Å². The summed E-state index contributed by atoms with van der Waals surface area (Å²) in [6.07, 6.45) is 0. The quantitative estimate of drug-likeness (QED) is 0.458. The zero-order chi connectivity index (χ0) is 17.9. The molecule has 0 atom stereocenters. The molecule has 0 aliphatic rings. The van der Waals surface area contributed by atoms with Gasteiger partial charge in [0, 0.05) is 0 Å². The Kier molecular flexibility index (Phi) is 3.94. The number of hydrogen-bond acceptors (Lipinski definition) is 2. The Morgan fingerprint density at radius 2 is 0.846 bits per heavy atom. The molecule has 0 unspecified atom stereocenters. The summed E-state index contributed by atoms with van der Waals surface area (Å²) >= 11 is 0. The van der Waals surface area contributed by atoms with Crippen LogP contribution in [0.5, 0.6) is 0 Å². The monoisotopic (exact) mass is 330 g/mol. The van der Waals surface area contributed by atoms with Gasteiger partial charge < -0.3 is 0 Å². The largest absolute Gasteiger partial charge is 0.192 e. The highest BCUT2D eigenvalue weighted by Gasteiger charge is 2.09. The van der Waals surface area contributed by atoms with E-state index < -0.39 is 0 Å². The van der Waals surface area contributed by atoms with E-state index in [1.807, 2.05) is 60.7 Å². The second-order valence-electron chi connectivity index (χ2n) is 6.08. The lowest BCUT2D eigenvalue weighted by Crippen LogP contribution is -1.87. The van der Waals surface area contributed by atoms with Gasteiger partial charge in [0.25, 0.3) is 0 Å². The molecule has 0 amide bonds. The van der Waals surface area contributed by atoms with E-state index in [-0.39, 0.29) is 0 Å². The van der Waals surface area contributed by atoms with E-state index in [9.17, 15) is 0 Å². The molecule has 4 aromatic carbocycles. The molecule has 0 bridgehead atoms. The standard InChI is InChI=1S/C24H14N2/c25-15-17-5-9-19(10-6-17)21-13-14-22(24-4-2-1-3-23(21)24)20-11-7-18(16-26)8-12-20/h1-14H. The van der Waals surface area contributed by atoms with E-state index in [1.165, 1.54) is 10.8 Å². The van der Waals surface area contributed by atoms with Gasteiger partial charge in [-0.05, 0) is 57.3 Å². The fraction of sp³-hybridized carbons (Fsp3) is 0. The van der Waals surface area contributed by atoms with Crippen LogP contribution in [0.4, 0.5) is 0 Å². The summed E-state index contributed by atoms with van der Waals surface area (Å²) in [6.45, 7) is 0. The molecule has 2 nitrogen and oxygen atoms in total. The Balaban J connectivity index is 1.90. The Morgan fingerprint density at radius 3 is 1.19 bits per heavy atom. The van der Waals surface area contributed by atoms with Crippen molar-refractivity contribution >= 4 is 10.8 Å². The molecule has 0 aliphatic heterocycles. The Morgan fingerprint density at radius 1 is 0.462 bits per heavy atom. The summed E-state index contributed by atoms with van der Waals surface area (Å²) in [5, 5.41) is 20.3. The molecule has 0 saturated heterocycles. The minimum Gasteiger partial charge on any atom is -0.192 e. The van der Waals surface area contributed by atoms with Crippen LogP contribution in [-0.4, -0.2) is 0 Å². The molecule has 4 rings (SSSR count). The van der Waals surface area contributed by atoms with E-state index in [4.69, 9.17) is 10.5 Å². The summed E-state index contributed by atoms with van der Waals surface area (Å²) < 4.78 is 0. The van der Waals surface area contributed by atoms with Gasteiger partial charge in [0.2, 0.25) is 0 Å². The van der Waals surface area contributed by atoms with Crippen LogP contribution in [0.2, 0.25) is 0 Å². The molecule has 0 saturated carbocycles. The minimum atomic E-state index is 0.659. The first-order valence-electron chi connectivity index (χ1n) is 8.33. The number of hydrogen-bond donors (Lipinski definition) is 0. The number of benzene rings is 4. The molecule has 0 radical (unpaired) electrons. The summed E-state index contributed by atoms with van der Waals surface area (Å²) in [7, 11) is 0. The van der Waals surface area contributed by atoms with Crippen molar-refractivity contribution < 1.29 is 0 Å². The topological polar surface area (TPSA) is 47.6 Å². The first-order valence-corrected chi connectivity index (χ1v) is 8.33. The summed E-state index contributed by atoms with van der Waals surface area (Å²) in [5.74, 6) is 0. The summed E-state index contributed by atoms with van der Waals surface area (Å²) in [4.78, 5) is 0. The van der Waals surface area contributed by atoms with E-state index in [1.54, 1.807) is 0 Å². The van der Waals surface area contributed by atoms with Crippen LogP contribution in [0.25, 0.3) is 33.0 Å². The number of nitrogens with zero attached hydrogens (tertiary/aromatic N) is 2. The van der Waals surface area contributed by atoms with Crippen molar-refractivity contribution in [3.05, 3.63) is 96.1 Å². The predicted molar refractivity (Wildman–Crippen MR) is 104 cm³/mol. The average molecular weight is 330 g/mol. The molecule has 0 aliphatic carbocycles. The predicted octanol–water partition coefficient (Wildman–Crippen LogP) is 5.92. The van der Waals surface area contributed by atoms with Crippen molar-refractivity contribution in [2.24, 2.45) is 0 Å². The maximum absolute atomic E-state index is 9.00. The van der Waals surface area contributed by atoms with E-state index in [0.29, 0.717) is 11.1 Å². The van der Waals surface area contributed by atoms with E-state index in [0.717, 1.165) is 22.3 Å². The zero-order valence-electron chi connectivity index (χ0n) is 14.0. The molecule has 4 aromatic rings. The second kappa shape index (κ2) is 6.55. The molecule has 0 fully saturated rings. The lowest BCUT2D eigenvalue weighted by Gasteiger charge is -2.12. The molecule has 0 spiro atoms. The first kappa shape index (κ1) is 15.6. The highest BCUT2D eigenvalue weighted by molar-refractivity contribution is 6.04. The van der Waals surface area contributed by atoms with Crippen LogP contribution in [0.15, 0.2) is 84.9 Å². The number of nitriles is 2.